The molecule has 2 aromatic rings. The smallest absolute Gasteiger partial charge is 0.121 e. The molecule has 2 nitrogen and oxygen atoms in total. The summed E-state index contributed by atoms with van der Waals surface area (Å²) < 4.78 is 5.50. The number of halogens is 1. The number of rotatable bonds is 6. The highest BCUT2D eigenvalue weighted by Crippen LogP contribution is 2.20. The van der Waals surface area contributed by atoms with Crippen LogP contribution in [0.4, 0.5) is 0 Å². The number of furan rings is 1. The van der Waals surface area contributed by atoms with Crippen LogP contribution in [0, 0.1) is 0 Å². The van der Waals surface area contributed by atoms with Gasteiger partial charge >= 0.3 is 0 Å². The predicted octanol–water partition coefficient (Wildman–Crippen LogP) is 4.22. The summed E-state index contributed by atoms with van der Waals surface area (Å²) in [6.07, 6.45) is 3.74. The molecule has 1 atom stereocenters. The molecule has 1 unspecified atom stereocenters. The van der Waals surface area contributed by atoms with Gasteiger partial charge < -0.3 is 9.73 Å². The van der Waals surface area contributed by atoms with Gasteiger partial charge in [-0.05, 0) is 49.2 Å². The van der Waals surface area contributed by atoms with E-state index in [9.17, 15) is 0 Å². The first-order valence-electron chi connectivity index (χ1n) is 6.31. The quantitative estimate of drug-likeness (QED) is 0.844. The maximum atomic E-state index is 5.90. The van der Waals surface area contributed by atoms with E-state index < -0.39 is 0 Å². The summed E-state index contributed by atoms with van der Waals surface area (Å²) in [5.74, 6) is 0.985. The SMILES string of the molecule is CCCNC(Cc1ccc(Cl)cc1)c1ccco1. The number of hydrogen-bond acceptors (Lipinski definition) is 2. The average molecular weight is 264 g/mol. The van der Waals surface area contributed by atoms with Crippen LogP contribution in [0.2, 0.25) is 5.02 Å². The van der Waals surface area contributed by atoms with Crippen LogP contribution in [-0.4, -0.2) is 6.54 Å². The van der Waals surface area contributed by atoms with Crippen LogP contribution in [0.1, 0.15) is 30.7 Å². The van der Waals surface area contributed by atoms with Crippen LogP contribution >= 0.6 is 11.6 Å². The molecule has 0 fully saturated rings. The predicted molar refractivity (Wildman–Crippen MR) is 74.9 cm³/mol. The van der Waals surface area contributed by atoms with Crippen molar-refractivity contribution >= 4 is 11.6 Å². The summed E-state index contributed by atoms with van der Waals surface area (Å²) in [5.41, 5.74) is 1.25. The van der Waals surface area contributed by atoms with E-state index in [2.05, 4.69) is 24.4 Å². The zero-order valence-electron chi connectivity index (χ0n) is 10.5. The average Bonchev–Trinajstić information content (AvgIpc) is 2.90. The summed E-state index contributed by atoms with van der Waals surface area (Å²) in [6.45, 7) is 3.15. The monoisotopic (exact) mass is 263 g/mol. The molecule has 0 aliphatic rings. The lowest BCUT2D eigenvalue weighted by Crippen LogP contribution is -2.23. The molecule has 1 heterocycles. The van der Waals surface area contributed by atoms with E-state index in [0.29, 0.717) is 0 Å². The molecule has 0 aliphatic carbocycles. The molecule has 3 heteroatoms. The van der Waals surface area contributed by atoms with Crippen LogP contribution in [0.3, 0.4) is 0 Å². The van der Waals surface area contributed by atoms with Gasteiger partial charge in [0, 0.05) is 5.02 Å². The maximum absolute atomic E-state index is 5.90. The number of hydrogen-bond donors (Lipinski definition) is 1. The second-order valence-corrected chi connectivity index (χ2v) is 4.79. The van der Waals surface area contributed by atoms with Crippen molar-refractivity contribution in [3.8, 4) is 0 Å². The van der Waals surface area contributed by atoms with Crippen LogP contribution in [0.25, 0.3) is 0 Å². The second kappa shape index (κ2) is 6.62. The Bertz CT molecular complexity index is 450. The van der Waals surface area contributed by atoms with Crippen molar-refractivity contribution in [1.29, 1.82) is 0 Å². The van der Waals surface area contributed by atoms with Gasteiger partial charge in [-0.25, -0.2) is 0 Å². The Morgan fingerprint density at radius 1 is 1.22 bits per heavy atom. The Morgan fingerprint density at radius 3 is 2.61 bits per heavy atom. The Balaban J connectivity index is 2.07. The van der Waals surface area contributed by atoms with Gasteiger partial charge in [0.1, 0.15) is 5.76 Å². The Kier molecular flexibility index (Phi) is 4.85. The summed E-state index contributed by atoms with van der Waals surface area (Å²) in [5, 5.41) is 4.28. The normalized spacial score (nSPS) is 12.6. The topological polar surface area (TPSA) is 25.2 Å². The van der Waals surface area contributed by atoms with Crippen molar-refractivity contribution in [2.75, 3.05) is 6.54 Å². The largest absolute Gasteiger partial charge is 0.468 e. The molecule has 0 bridgehead atoms. The maximum Gasteiger partial charge on any atom is 0.121 e. The molecule has 0 aliphatic heterocycles. The Labute approximate surface area is 113 Å². The number of benzene rings is 1. The first kappa shape index (κ1) is 13.2. The fourth-order valence-electron chi connectivity index (χ4n) is 1.94. The molecule has 18 heavy (non-hydrogen) atoms. The van der Waals surface area contributed by atoms with Crippen molar-refractivity contribution < 1.29 is 4.42 Å². The molecule has 0 saturated heterocycles. The van der Waals surface area contributed by atoms with Crippen LogP contribution in [0.15, 0.2) is 47.1 Å². The van der Waals surface area contributed by atoms with Crippen LogP contribution in [0.5, 0.6) is 0 Å². The highest BCUT2D eigenvalue weighted by atomic mass is 35.5. The molecule has 96 valence electrons. The van der Waals surface area contributed by atoms with Crippen molar-refractivity contribution in [3.05, 3.63) is 59.0 Å². The molecular formula is C15H18ClNO. The molecule has 1 N–H and O–H groups in total. The Hall–Kier alpha value is -1.25. The van der Waals surface area contributed by atoms with E-state index in [1.165, 1.54) is 5.56 Å². The van der Waals surface area contributed by atoms with Gasteiger partial charge in [-0.3, -0.25) is 0 Å². The summed E-state index contributed by atoms with van der Waals surface area (Å²) >= 11 is 5.90. The van der Waals surface area contributed by atoms with Crippen molar-refractivity contribution in [2.45, 2.75) is 25.8 Å². The second-order valence-electron chi connectivity index (χ2n) is 4.35. The van der Waals surface area contributed by atoms with E-state index in [1.807, 2.05) is 24.3 Å². The zero-order valence-corrected chi connectivity index (χ0v) is 11.3. The first-order chi connectivity index (χ1) is 8.79. The van der Waals surface area contributed by atoms with E-state index in [0.717, 1.165) is 30.2 Å². The minimum absolute atomic E-state index is 0.223. The van der Waals surface area contributed by atoms with Crippen LogP contribution < -0.4 is 5.32 Å². The fourth-order valence-corrected chi connectivity index (χ4v) is 2.06. The number of nitrogens with one attached hydrogen (secondary N) is 1. The molecule has 0 spiro atoms. The fraction of sp³-hybridized carbons (Fsp3) is 0.333. The van der Waals surface area contributed by atoms with Gasteiger partial charge in [-0.15, -0.1) is 0 Å². The third-order valence-corrected chi connectivity index (χ3v) is 3.13. The lowest BCUT2D eigenvalue weighted by molar-refractivity contribution is 0.410. The van der Waals surface area contributed by atoms with Gasteiger partial charge in [-0.2, -0.15) is 0 Å². The van der Waals surface area contributed by atoms with Gasteiger partial charge in [0.2, 0.25) is 0 Å². The van der Waals surface area contributed by atoms with Crippen molar-refractivity contribution in [1.82, 2.24) is 5.32 Å². The third kappa shape index (κ3) is 3.62. The summed E-state index contributed by atoms with van der Waals surface area (Å²) in [6, 6.07) is 12.1. The molecule has 0 radical (unpaired) electrons. The van der Waals surface area contributed by atoms with Crippen LogP contribution in [-0.2, 0) is 6.42 Å². The molecule has 0 saturated carbocycles. The molecule has 1 aromatic heterocycles. The highest BCUT2D eigenvalue weighted by Gasteiger charge is 2.13. The lowest BCUT2D eigenvalue weighted by atomic mass is 10.0. The standard InChI is InChI=1S/C15H18ClNO/c1-2-9-17-14(15-4-3-10-18-15)11-12-5-7-13(16)8-6-12/h3-8,10,14,17H,2,9,11H2,1H3. The minimum Gasteiger partial charge on any atom is -0.468 e. The molecule has 1 aromatic carbocycles. The van der Waals surface area contributed by atoms with E-state index in [4.69, 9.17) is 16.0 Å². The third-order valence-electron chi connectivity index (χ3n) is 2.88. The summed E-state index contributed by atoms with van der Waals surface area (Å²) in [7, 11) is 0. The highest BCUT2D eigenvalue weighted by molar-refractivity contribution is 6.30. The van der Waals surface area contributed by atoms with Gasteiger partial charge in [0.05, 0.1) is 12.3 Å². The first-order valence-corrected chi connectivity index (χ1v) is 6.68. The van der Waals surface area contributed by atoms with Crippen molar-refractivity contribution in [2.24, 2.45) is 0 Å². The molecule has 2 rings (SSSR count). The van der Waals surface area contributed by atoms with Gasteiger partial charge in [-0.1, -0.05) is 30.7 Å². The lowest BCUT2D eigenvalue weighted by Gasteiger charge is -2.16. The van der Waals surface area contributed by atoms with E-state index >= 15 is 0 Å². The Morgan fingerprint density at radius 2 is 2.00 bits per heavy atom. The summed E-state index contributed by atoms with van der Waals surface area (Å²) in [4.78, 5) is 0. The molecule has 0 amide bonds. The molecular weight excluding hydrogens is 246 g/mol. The van der Waals surface area contributed by atoms with Gasteiger partial charge in [0.25, 0.3) is 0 Å². The van der Waals surface area contributed by atoms with Gasteiger partial charge in [0.15, 0.2) is 0 Å². The van der Waals surface area contributed by atoms with E-state index in [1.54, 1.807) is 6.26 Å². The minimum atomic E-state index is 0.223. The zero-order chi connectivity index (χ0) is 12.8. The van der Waals surface area contributed by atoms with Crippen molar-refractivity contribution in [3.63, 3.8) is 0 Å². The van der Waals surface area contributed by atoms with E-state index in [-0.39, 0.29) is 6.04 Å².